The lowest BCUT2D eigenvalue weighted by molar-refractivity contribution is -0.0498. The van der Waals surface area contributed by atoms with Gasteiger partial charge in [-0.25, -0.2) is 0 Å². The first-order chi connectivity index (χ1) is 9.93. The Bertz CT molecular complexity index is 444. The normalized spacial score (nSPS) is 18.6. The molecule has 21 heavy (non-hydrogen) atoms. The lowest BCUT2D eigenvalue weighted by atomic mass is 9.75. The molecular weight excluding hydrogens is 274 g/mol. The van der Waals surface area contributed by atoms with Crippen LogP contribution in [0, 0.1) is 0 Å². The van der Waals surface area contributed by atoms with Crippen molar-refractivity contribution >= 4 is 0 Å². The van der Waals surface area contributed by atoms with Gasteiger partial charge in [0.05, 0.1) is 0 Å². The van der Waals surface area contributed by atoms with Gasteiger partial charge in [-0.1, -0.05) is 12.1 Å². The van der Waals surface area contributed by atoms with E-state index in [4.69, 9.17) is 0 Å². The van der Waals surface area contributed by atoms with E-state index in [0.29, 0.717) is 0 Å². The lowest BCUT2D eigenvalue weighted by Crippen LogP contribution is -2.56. The molecule has 1 unspecified atom stereocenters. The smallest absolute Gasteiger partial charge is 0.387 e. The van der Waals surface area contributed by atoms with E-state index in [2.05, 4.69) is 36.0 Å². The third kappa shape index (κ3) is 3.92. The Hall–Kier alpha value is -1.20. The van der Waals surface area contributed by atoms with Crippen LogP contribution in [0.15, 0.2) is 24.3 Å². The molecule has 5 heteroatoms. The van der Waals surface area contributed by atoms with E-state index in [0.717, 1.165) is 12.1 Å². The van der Waals surface area contributed by atoms with Gasteiger partial charge in [-0.15, -0.1) is 0 Å². The summed E-state index contributed by atoms with van der Waals surface area (Å²) in [6.45, 7) is 0.256. The summed E-state index contributed by atoms with van der Waals surface area (Å²) in [5.41, 5.74) is 1.34. The fourth-order valence-electron chi connectivity index (χ4n) is 2.77. The second-order valence-electron chi connectivity index (χ2n) is 6.02. The first kappa shape index (κ1) is 16.2. The number of halogens is 2. The minimum absolute atomic E-state index is 0.183. The van der Waals surface area contributed by atoms with E-state index in [-0.39, 0.29) is 17.3 Å². The second-order valence-corrected chi connectivity index (χ2v) is 6.02. The molecule has 0 aromatic heterocycles. The molecule has 118 valence electrons. The summed E-state index contributed by atoms with van der Waals surface area (Å²) >= 11 is 0. The van der Waals surface area contributed by atoms with E-state index in [1.54, 1.807) is 12.1 Å². The van der Waals surface area contributed by atoms with Crippen LogP contribution in [0.4, 0.5) is 8.78 Å². The third-order valence-electron chi connectivity index (χ3n) is 4.58. The van der Waals surface area contributed by atoms with Crippen molar-refractivity contribution in [1.29, 1.82) is 0 Å². The van der Waals surface area contributed by atoms with E-state index < -0.39 is 6.61 Å². The van der Waals surface area contributed by atoms with Crippen LogP contribution >= 0.6 is 0 Å². The molecule has 0 amide bonds. The minimum atomic E-state index is -2.77. The average Bonchev–Trinajstić information content (AvgIpc) is 2.37. The van der Waals surface area contributed by atoms with Gasteiger partial charge in [-0.2, -0.15) is 8.78 Å². The van der Waals surface area contributed by atoms with Crippen LogP contribution < -0.4 is 10.1 Å². The van der Waals surface area contributed by atoms with Crippen LogP contribution in [-0.4, -0.2) is 37.7 Å². The minimum Gasteiger partial charge on any atom is -0.435 e. The Balaban J connectivity index is 1.89. The standard InChI is InChI=1S/C16H24F2N2O/c1-12(19-11-16(20(2)3)9-4-10-16)13-5-7-14(8-6-13)21-15(17)18/h5-8,12,15,19H,4,9-11H2,1-3H3. The maximum Gasteiger partial charge on any atom is 0.387 e. The van der Waals surface area contributed by atoms with Crippen molar-refractivity contribution in [2.75, 3.05) is 20.6 Å². The highest BCUT2D eigenvalue weighted by Gasteiger charge is 2.38. The van der Waals surface area contributed by atoms with Gasteiger partial charge in [0.25, 0.3) is 0 Å². The van der Waals surface area contributed by atoms with Crippen molar-refractivity contribution < 1.29 is 13.5 Å². The van der Waals surface area contributed by atoms with Crippen LogP contribution in [0.3, 0.4) is 0 Å². The van der Waals surface area contributed by atoms with Crippen molar-refractivity contribution in [3.8, 4) is 5.75 Å². The molecule has 1 saturated carbocycles. The van der Waals surface area contributed by atoms with Crippen molar-refractivity contribution in [2.24, 2.45) is 0 Å². The fourth-order valence-corrected chi connectivity index (χ4v) is 2.77. The second kappa shape index (κ2) is 6.71. The highest BCUT2D eigenvalue weighted by atomic mass is 19.3. The first-order valence-corrected chi connectivity index (χ1v) is 7.38. The van der Waals surface area contributed by atoms with Gasteiger partial charge in [0.2, 0.25) is 0 Å². The summed E-state index contributed by atoms with van der Waals surface area (Å²) in [6, 6.07) is 7.02. The molecule has 1 aromatic carbocycles. The number of nitrogens with one attached hydrogen (secondary N) is 1. The first-order valence-electron chi connectivity index (χ1n) is 7.38. The van der Waals surface area contributed by atoms with Gasteiger partial charge < -0.3 is 15.0 Å². The Morgan fingerprint density at radius 2 is 1.86 bits per heavy atom. The zero-order chi connectivity index (χ0) is 15.5. The molecule has 0 aliphatic heterocycles. The number of alkyl halides is 2. The number of rotatable bonds is 7. The van der Waals surface area contributed by atoms with Gasteiger partial charge >= 0.3 is 6.61 Å². The predicted molar refractivity (Wildman–Crippen MR) is 79.8 cm³/mol. The van der Waals surface area contributed by atoms with Gasteiger partial charge in [-0.05, 0) is 58.0 Å². The van der Waals surface area contributed by atoms with Crippen LogP contribution in [0.5, 0.6) is 5.75 Å². The molecule has 0 spiro atoms. The molecule has 1 aliphatic carbocycles. The van der Waals surface area contributed by atoms with E-state index >= 15 is 0 Å². The molecular formula is C16H24F2N2O. The summed E-state index contributed by atoms with van der Waals surface area (Å²) in [4.78, 5) is 2.30. The molecule has 1 atom stereocenters. The zero-order valence-electron chi connectivity index (χ0n) is 12.9. The highest BCUT2D eigenvalue weighted by molar-refractivity contribution is 5.29. The van der Waals surface area contributed by atoms with Crippen LogP contribution in [0.1, 0.15) is 37.8 Å². The molecule has 1 N–H and O–H groups in total. The number of benzene rings is 1. The van der Waals surface area contributed by atoms with Crippen molar-refractivity contribution in [3.05, 3.63) is 29.8 Å². The van der Waals surface area contributed by atoms with Crippen molar-refractivity contribution in [3.63, 3.8) is 0 Å². The van der Waals surface area contributed by atoms with E-state index in [9.17, 15) is 8.78 Å². The molecule has 0 heterocycles. The number of ether oxygens (including phenoxy) is 1. The quantitative estimate of drug-likeness (QED) is 0.835. The maximum atomic E-state index is 12.1. The Morgan fingerprint density at radius 1 is 1.24 bits per heavy atom. The van der Waals surface area contributed by atoms with Crippen molar-refractivity contribution in [2.45, 2.75) is 44.4 Å². The molecule has 2 rings (SSSR count). The number of hydrogen-bond acceptors (Lipinski definition) is 3. The van der Waals surface area contributed by atoms with E-state index in [1.165, 1.54) is 19.3 Å². The third-order valence-corrected chi connectivity index (χ3v) is 4.58. The molecule has 1 fully saturated rings. The van der Waals surface area contributed by atoms with Gasteiger partial charge in [-0.3, -0.25) is 0 Å². The molecule has 3 nitrogen and oxygen atoms in total. The SMILES string of the molecule is CC(NCC1(N(C)C)CCC1)c1ccc(OC(F)F)cc1. The Morgan fingerprint density at radius 3 is 2.29 bits per heavy atom. The van der Waals surface area contributed by atoms with Crippen LogP contribution in [-0.2, 0) is 0 Å². The van der Waals surface area contributed by atoms with Crippen LogP contribution in [0.25, 0.3) is 0 Å². The fraction of sp³-hybridized carbons (Fsp3) is 0.625. The molecule has 1 aliphatic rings. The number of nitrogens with zero attached hydrogens (tertiary/aromatic N) is 1. The summed E-state index contributed by atoms with van der Waals surface area (Å²) in [7, 11) is 4.25. The molecule has 0 bridgehead atoms. The van der Waals surface area contributed by atoms with Gasteiger partial charge in [0.1, 0.15) is 5.75 Å². The molecule has 0 saturated heterocycles. The van der Waals surface area contributed by atoms with Gasteiger partial charge in [0.15, 0.2) is 0 Å². The lowest BCUT2D eigenvalue weighted by Gasteiger charge is -2.48. The summed E-state index contributed by atoms with van der Waals surface area (Å²) in [5, 5.41) is 3.55. The van der Waals surface area contributed by atoms with E-state index in [1.807, 2.05) is 12.1 Å². The number of likely N-dealkylation sites (N-methyl/N-ethyl adjacent to an activating group) is 1. The van der Waals surface area contributed by atoms with Gasteiger partial charge in [0, 0.05) is 18.1 Å². The summed E-state index contributed by atoms with van der Waals surface area (Å²) < 4.78 is 28.6. The Kier molecular flexibility index (Phi) is 5.17. The summed E-state index contributed by atoms with van der Waals surface area (Å²) in [5.74, 6) is 0.199. The topological polar surface area (TPSA) is 24.5 Å². The average molecular weight is 298 g/mol. The van der Waals surface area contributed by atoms with Crippen LogP contribution in [0.2, 0.25) is 0 Å². The molecule has 0 radical (unpaired) electrons. The summed E-state index contributed by atoms with van der Waals surface area (Å²) in [6.07, 6.45) is 3.73. The highest BCUT2D eigenvalue weighted by Crippen LogP contribution is 2.36. The number of hydrogen-bond donors (Lipinski definition) is 1. The molecule has 1 aromatic rings. The maximum absolute atomic E-state index is 12.1. The van der Waals surface area contributed by atoms with Crippen molar-refractivity contribution in [1.82, 2.24) is 10.2 Å². The monoisotopic (exact) mass is 298 g/mol. The predicted octanol–water partition coefficient (Wildman–Crippen LogP) is 3.42. The zero-order valence-corrected chi connectivity index (χ0v) is 12.9. The largest absolute Gasteiger partial charge is 0.435 e. The Labute approximate surface area is 125 Å².